The number of hydrogen-bond acceptors (Lipinski definition) is 7. The summed E-state index contributed by atoms with van der Waals surface area (Å²) < 4.78 is 12.7. The van der Waals surface area contributed by atoms with Gasteiger partial charge < -0.3 is 19.5 Å². The van der Waals surface area contributed by atoms with Crippen LogP contribution in [0.15, 0.2) is 65.3 Å². The predicted molar refractivity (Wildman–Crippen MR) is 139 cm³/mol. The highest BCUT2D eigenvalue weighted by Crippen LogP contribution is 2.25. The van der Waals surface area contributed by atoms with Crippen LogP contribution in [0.2, 0.25) is 0 Å². The number of anilines is 2. The summed E-state index contributed by atoms with van der Waals surface area (Å²) in [4.78, 5) is 14.4. The zero-order valence-corrected chi connectivity index (χ0v) is 21.1. The van der Waals surface area contributed by atoms with E-state index in [1.807, 2.05) is 77.5 Å². The Hall–Kier alpha value is -4.18. The van der Waals surface area contributed by atoms with Crippen LogP contribution in [0.1, 0.15) is 26.5 Å². The van der Waals surface area contributed by atoms with Crippen LogP contribution >= 0.6 is 0 Å². The fourth-order valence-electron chi connectivity index (χ4n) is 3.25. The van der Waals surface area contributed by atoms with Crippen LogP contribution in [-0.4, -0.2) is 58.3 Å². The number of nitrogens with one attached hydrogen (secondary N) is 2. The van der Waals surface area contributed by atoms with E-state index < -0.39 is 6.03 Å². The zero-order chi connectivity index (χ0) is 25.7. The van der Waals surface area contributed by atoms with Gasteiger partial charge in [0.15, 0.2) is 5.82 Å². The Kier molecular flexibility index (Phi) is 7.35. The molecule has 10 nitrogen and oxygen atoms in total. The Balaban J connectivity index is 1.34. The largest absolute Gasteiger partial charge is 0.492 e. The summed E-state index contributed by atoms with van der Waals surface area (Å²) in [6.45, 7) is 7.52. The quantitative estimate of drug-likeness (QED) is 0.366. The van der Waals surface area contributed by atoms with Crippen molar-refractivity contribution in [3.8, 4) is 22.7 Å². The molecular formula is C26H31N7O3. The second kappa shape index (κ2) is 10.6. The number of ether oxygens (including phenoxy) is 1. The normalized spacial score (nSPS) is 11.5. The van der Waals surface area contributed by atoms with Crippen LogP contribution < -0.4 is 15.4 Å². The van der Waals surface area contributed by atoms with Crippen molar-refractivity contribution in [3.63, 3.8) is 0 Å². The van der Waals surface area contributed by atoms with Crippen molar-refractivity contribution in [3.05, 3.63) is 66.6 Å². The van der Waals surface area contributed by atoms with E-state index in [2.05, 4.69) is 31.0 Å². The number of amides is 2. The summed E-state index contributed by atoms with van der Waals surface area (Å²) in [6.07, 6.45) is 1.86. The lowest BCUT2D eigenvalue weighted by molar-refractivity contribution is 0.261. The molecule has 2 heterocycles. The average Bonchev–Trinajstić information content (AvgIpc) is 3.50. The summed E-state index contributed by atoms with van der Waals surface area (Å²) in [5.41, 5.74) is 2.92. The number of hydrogen-bond donors (Lipinski definition) is 2. The molecule has 188 valence electrons. The molecule has 4 rings (SSSR count). The number of likely N-dealkylation sites (N-methyl/N-ethyl adjacent to an activating group) is 1. The molecule has 2 aromatic heterocycles. The lowest BCUT2D eigenvalue weighted by atomic mass is 9.93. The van der Waals surface area contributed by atoms with Crippen molar-refractivity contribution >= 4 is 17.5 Å². The second-order valence-electron chi connectivity index (χ2n) is 9.68. The van der Waals surface area contributed by atoms with Crippen LogP contribution in [0.4, 0.5) is 16.3 Å². The number of urea groups is 1. The van der Waals surface area contributed by atoms with E-state index in [9.17, 15) is 4.79 Å². The first-order valence-corrected chi connectivity index (χ1v) is 11.6. The molecule has 0 fully saturated rings. The van der Waals surface area contributed by atoms with Gasteiger partial charge in [0.2, 0.25) is 0 Å². The van der Waals surface area contributed by atoms with E-state index in [1.54, 1.807) is 22.9 Å². The number of aromatic nitrogens is 4. The number of carbonyl (C=O) groups excluding carboxylic acids is 1. The average molecular weight is 490 g/mol. The van der Waals surface area contributed by atoms with Crippen LogP contribution in [0.3, 0.4) is 0 Å². The first kappa shape index (κ1) is 24.9. The highest BCUT2D eigenvalue weighted by Gasteiger charge is 2.20. The van der Waals surface area contributed by atoms with Gasteiger partial charge >= 0.3 is 6.03 Å². The minimum atomic E-state index is -0.406. The van der Waals surface area contributed by atoms with E-state index in [0.29, 0.717) is 23.9 Å². The third kappa shape index (κ3) is 6.48. The Bertz CT molecular complexity index is 1290. The van der Waals surface area contributed by atoms with Gasteiger partial charge in [-0.3, -0.25) is 5.32 Å². The minimum absolute atomic E-state index is 0.190. The molecule has 0 saturated heterocycles. The molecule has 0 atom stereocenters. The monoisotopic (exact) mass is 489 g/mol. The Morgan fingerprint density at radius 3 is 2.42 bits per heavy atom. The Morgan fingerprint density at radius 1 is 1.06 bits per heavy atom. The molecular weight excluding hydrogens is 458 g/mol. The first-order chi connectivity index (χ1) is 17.2. The van der Waals surface area contributed by atoms with Crippen molar-refractivity contribution in [1.82, 2.24) is 25.1 Å². The van der Waals surface area contributed by atoms with Crippen molar-refractivity contribution in [2.24, 2.45) is 0 Å². The fraction of sp³-hybridized carbons (Fsp3) is 0.308. The summed E-state index contributed by atoms with van der Waals surface area (Å²) in [5.74, 6) is 1.87. The van der Waals surface area contributed by atoms with E-state index in [1.165, 1.54) is 0 Å². The molecule has 0 aliphatic heterocycles. The zero-order valence-electron chi connectivity index (χ0n) is 21.1. The number of nitrogens with zero attached hydrogens (tertiary/aromatic N) is 5. The lowest BCUT2D eigenvalue weighted by Gasteiger charge is -2.12. The molecule has 4 aromatic rings. The topological polar surface area (TPSA) is 110 Å². The summed E-state index contributed by atoms with van der Waals surface area (Å²) in [5, 5.41) is 17.9. The van der Waals surface area contributed by atoms with Crippen molar-refractivity contribution in [2.45, 2.75) is 26.2 Å². The molecule has 0 saturated carbocycles. The predicted octanol–water partition coefficient (Wildman–Crippen LogP) is 4.80. The third-order valence-electron chi connectivity index (χ3n) is 5.33. The van der Waals surface area contributed by atoms with Crippen LogP contribution in [-0.2, 0) is 5.41 Å². The molecule has 2 N–H and O–H groups in total. The van der Waals surface area contributed by atoms with Crippen LogP contribution in [0, 0.1) is 0 Å². The summed E-state index contributed by atoms with van der Waals surface area (Å²) in [6, 6.07) is 16.4. The SMILES string of the molecule is CN(C)CCOc1ccc(-n2cc(-c3ccc(NC(=O)Nc4cc(C(C)(C)C)on4)cc3)nn2)cc1. The van der Waals surface area contributed by atoms with Gasteiger partial charge in [-0.1, -0.05) is 43.3 Å². The van der Waals surface area contributed by atoms with E-state index in [0.717, 1.165) is 29.2 Å². The minimum Gasteiger partial charge on any atom is -0.492 e. The van der Waals surface area contributed by atoms with Crippen molar-refractivity contribution in [1.29, 1.82) is 0 Å². The summed E-state index contributed by atoms with van der Waals surface area (Å²) in [7, 11) is 4.02. The molecule has 0 unspecified atom stereocenters. The maximum atomic E-state index is 12.3. The lowest BCUT2D eigenvalue weighted by Crippen LogP contribution is -2.19. The number of rotatable bonds is 8. The molecule has 2 amide bonds. The molecule has 10 heteroatoms. The second-order valence-corrected chi connectivity index (χ2v) is 9.68. The standard InChI is InChI=1S/C26H31N7O3/c1-26(2,3)23-16-24(30-36-23)28-25(34)27-19-8-6-18(7-9-19)22-17-33(31-29-22)20-10-12-21(13-11-20)35-15-14-32(4)5/h6-13,16-17H,14-15H2,1-5H3,(H2,27,28,30,34). The first-order valence-electron chi connectivity index (χ1n) is 11.6. The van der Waals surface area contributed by atoms with Crippen molar-refractivity contribution in [2.75, 3.05) is 37.9 Å². The van der Waals surface area contributed by atoms with Gasteiger partial charge in [0.25, 0.3) is 0 Å². The Labute approximate surface area is 210 Å². The summed E-state index contributed by atoms with van der Waals surface area (Å²) >= 11 is 0. The number of carbonyl (C=O) groups is 1. The maximum absolute atomic E-state index is 12.3. The van der Waals surface area contributed by atoms with E-state index in [4.69, 9.17) is 9.26 Å². The fourth-order valence-corrected chi connectivity index (χ4v) is 3.25. The molecule has 0 bridgehead atoms. The molecule has 0 spiro atoms. The van der Waals surface area contributed by atoms with E-state index in [-0.39, 0.29) is 5.41 Å². The van der Waals surface area contributed by atoms with Crippen LogP contribution in [0.25, 0.3) is 16.9 Å². The highest BCUT2D eigenvalue weighted by molar-refractivity contribution is 5.99. The Morgan fingerprint density at radius 2 is 1.78 bits per heavy atom. The molecule has 36 heavy (non-hydrogen) atoms. The van der Waals surface area contributed by atoms with Gasteiger partial charge in [-0.2, -0.15) is 0 Å². The molecule has 2 aromatic carbocycles. The molecule has 0 aliphatic carbocycles. The van der Waals surface area contributed by atoms with Crippen molar-refractivity contribution < 1.29 is 14.1 Å². The number of benzene rings is 2. The van der Waals surface area contributed by atoms with Crippen LogP contribution in [0.5, 0.6) is 5.75 Å². The third-order valence-corrected chi connectivity index (χ3v) is 5.33. The van der Waals surface area contributed by atoms with Gasteiger partial charge in [0.1, 0.15) is 23.8 Å². The van der Waals surface area contributed by atoms with Gasteiger partial charge in [-0.15, -0.1) is 5.10 Å². The molecule has 0 aliphatic rings. The van der Waals surface area contributed by atoms with Gasteiger partial charge in [0.05, 0.1) is 11.9 Å². The van der Waals surface area contributed by atoms with Gasteiger partial charge in [0, 0.05) is 29.3 Å². The van der Waals surface area contributed by atoms with E-state index >= 15 is 0 Å². The molecule has 0 radical (unpaired) electrons. The van der Waals surface area contributed by atoms with Gasteiger partial charge in [-0.05, 0) is 50.5 Å². The smallest absolute Gasteiger partial charge is 0.324 e. The van der Waals surface area contributed by atoms with Gasteiger partial charge in [-0.25, -0.2) is 9.48 Å². The maximum Gasteiger partial charge on any atom is 0.324 e. The highest BCUT2D eigenvalue weighted by atomic mass is 16.5.